The molecule has 0 radical (unpaired) electrons. The number of aldehydes is 1. The number of rotatable bonds is 4. The second-order valence-corrected chi connectivity index (χ2v) is 7.71. The summed E-state index contributed by atoms with van der Waals surface area (Å²) in [5.41, 5.74) is -1.66. The minimum atomic E-state index is -1.27. The van der Waals surface area contributed by atoms with E-state index in [9.17, 15) is 14.7 Å². The van der Waals surface area contributed by atoms with Gasteiger partial charge >= 0.3 is 5.97 Å². The van der Waals surface area contributed by atoms with Crippen molar-refractivity contribution >= 4 is 12.3 Å². The number of carbonyl (C=O) groups excluding carboxylic acids is 1. The van der Waals surface area contributed by atoms with Gasteiger partial charge in [0.2, 0.25) is 0 Å². The highest BCUT2D eigenvalue weighted by atomic mass is 16.4. The maximum atomic E-state index is 12.4. The normalized spacial score (nSPS) is 16.9. The molecule has 1 aromatic carbocycles. The number of aliphatic carboxylic acids is 1. The zero-order valence-electron chi connectivity index (χ0n) is 13.8. The number of hydrogen-bond donors (Lipinski definition) is 1. The van der Waals surface area contributed by atoms with Crippen LogP contribution in [0.25, 0.3) is 0 Å². The summed E-state index contributed by atoms with van der Waals surface area (Å²) >= 11 is 0. The van der Waals surface area contributed by atoms with Crippen LogP contribution in [0.3, 0.4) is 0 Å². The maximum absolute atomic E-state index is 12.4. The molecule has 1 aromatic rings. The number of carboxylic acid groups (broad SMARTS) is 1. The van der Waals surface area contributed by atoms with E-state index in [0.29, 0.717) is 5.56 Å². The van der Waals surface area contributed by atoms with E-state index in [2.05, 4.69) is 0 Å². The van der Waals surface area contributed by atoms with Crippen LogP contribution in [-0.2, 0) is 15.0 Å². The van der Waals surface area contributed by atoms with Crippen molar-refractivity contribution in [2.45, 2.75) is 47.0 Å². The number of carbonyl (C=O) groups is 2. The Morgan fingerprint density at radius 1 is 1.05 bits per heavy atom. The molecule has 0 aliphatic carbocycles. The predicted octanol–water partition coefficient (Wildman–Crippen LogP) is 3.92. The van der Waals surface area contributed by atoms with Crippen molar-refractivity contribution in [2.24, 2.45) is 16.7 Å². The second-order valence-electron chi connectivity index (χ2n) is 7.71. The molecule has 21 heavy (non-hydrogen) atoms. The Bertz CT molecular complexity index is 506. The van der Waals surface area contributed by atoms with Gasteiger partial charge in [0.25, 0.3) is 0 Å². The van der Waals surface area contributed by atoms with Crippen LogP contribution in [-0.4, -0.2) is 17.4 Å². The van der Waals surface area contributed by atoms with E-state index in [-0.39, 0.29) is 0 Å². The molecule has 0 saturated heterocycles. The molecule has 0 aliphatic heterocycles. The maximum Gasteiger partial charge on any atom is 0.315 e. The summed E-state index contributed by atoms with van der Waals surface area (Å²) in [5, 5.41) is 10.1. The van der Waals surface area contributed by atoms with Crippen LogP contribution in [0.15, 0.2) is 30.3 Å². The third kappa shape index (κ3) is 2.87. The van der Waals surface area contributed by atoms with Crippen molar-refractivity contribution in [3.8, 4) is 0 Å². The van der Waals surface area contributed by atoms with E-state index >= 15 is 0 Å². The van der Waals surface area contributed by atoms with Gasteiger partial charge < -0.3 is 9.90 Å². The van der Waals surface area contributed by atoms with Gasteiger partial charge in [0, 0.05) is 5.92 Å². The molecular weight excluding hydrogens is 264 g/mol. The lowest BCUT2D eigenvalue weighted by Crippen LogP contribution is -2.57. The SMILES string of the molecule is CC(C)(C)C(C=O)C(C(=O)O)(c1ccccc1)C(C)(C)C. The van der Waals surface area contributed by atoms with Crippen LogP contribution in [0.5, 0.6) is 0 Å². The minimum absolute atomic E-state index is 0.455. The van der Waals surface area contributed by atoms with Crippen LogP contribution in [0.2, 0.25) is 0 Å². The van der Waals surface area contributed by atoms with Crippen molar-refractivity contribution in [1.29, 1.82) is 0 Å². The van der Waals surface area contributed by atoms with Crippen LogP contribution in [0.4, 0.5) is 0 Å². The summed E-state index contributed by atoms with van der Waals surface area (Å²) in [5.74, 6) is -1.59. The van der Waals surface area contributed by atoms with Gasteiger partial charge in [0.15, 0.2) is 0 Å². The lowest BCUT2D eigenvalue weighted by molar-refractivity contribution is -0.157. The highest BCUT2D eigenvalue weighted by Crippen LogP contribution is 2.52. The Morgan fingerprint density at radius 2 is 1.52 bits per heavy atom. The standard InChI is InChI=1S/C18H26O3/c1-16(2,3)14(12-19)18(15(20)21,17(4,5)6)13-10-8-7-9-11-13/h7-12,14H,1-6H3,(H,20,21). The molecule has 116 valence electrons. The van der Waals surface area contributed by atoms with Gasteiger partial charge in [-0.25, -0.2) is 0 Å². The Hall–Kier alpha value is -1.64. The molecule has 0 bridgehead atoms. The first-order chi connectivity index (χ1) is 9.49. The molecule has 0 fully saturated rings. The van der Waals surface area contributed by atoms with E-state index < -0.39 is 28.1 Å². The van der Waals surface area contributed by atoms with Crippen molar-refractivity contribution in [3.05, 3.63) is 35.9 Å². The minimum Gasteiger partial charge on any atom is -0.481 e. The lowest BCUT2D eigenvalue weighted by atomic mass is 9.51. The van der Waals surface area contributed by atoms with Gasteiger partial charge in [-0.1, -0.05) is 71.9 Å². The monoisotopic (exact) mass is 290 g/mol. The van der Waals surface area contributed by atoms with Crippen molar-refractivity contribution in [3.63, 3.8) is 0 Å². The van der Waals surface area contributed by atoms with E-state index in [4.69, 9.17) is 0 Å². The number of carboxylic acids is 1. The van der Waals surface area contributed by atoms with E-state index in [1.165, 1.54) is 0 Å². The van der Waals surface area contributed by atoms with Gasteiger partial charge in [-0.2, -0.15) is 0 Å². The molecule has 0 aromatic heterocycles. The molecule has 0 heterocycles. The van der Waals surface area contributed by atoms with E-state index in [1.54, 1.807) is 0 Å². The van der Waals surface area contributed by atoms with E-state index in [0.717, 1.165) is 6.29 Å². The zero-order chi connectivity index (χ0) is 16.5. The Morgan fingerprint density at radius 3 is 1.81 bits per heavy atom. The average Bonchev–Trinajstić information content (AvgIpc) is 2.33. The van der Waals surface area contributed by atoms with Gasteiger partial charge in [0.05, 0.1) is 0 Å². The summed E-state index contributed by atoms with van der Waals surface area (Å²) in [4.78, 5) is 24.2. The molecule has 0 aliphatic rings. The Kier molecular flexibility index (Phi) is 4.66. The largest absolute Gasteiger partial charge is 0.481 e. The van der Waals surface area contributed by atoms with E-state index in [1.807, 2.05) is 71.9 Å². The van der Waals surface area contributed by atoms with Crippen LogP contribution >= 0.6 is 0 Å². The first kappa shape index (κ1) is 17.4. The highest BCUT2D eigenvalue weighted by molar-refractivity contribution is 5.87. The third-order valence-corrected chi connectivity index (χ3v) is 4.29. The lowest BCUT2D eigenvalue weighted by Gasteiger charge is -2.49. The Labute approximate surface area is 127 Å². The first-order valence-corrected chi connectivity index (χ1v) is 7.23. The van der Waals surface area contributed by atoms with Crippen LogP contribution in [0.1, 0.15) is 47.1 Å². The molecule has 1 N–H and O–H groups in total. The molecule has 3 nitrogen and oxygen atoms in total. The van der Waals surface area contributed by atoms with Gasteiger partial charge in [-0.15, -0.1) is 0 Å². The molecule has 2 atom stereocenters. The first-order valence-electron chi connectivity index (χ1n) is 7.23. The van der Waals surface area contributed by atoms with Crippen molar-refractivity contribution in [2.75, 3.05) is 0 Å². The van der Waals surface area contributed by atoms with Crippen LogP contribution in [0, 0.1) is 16.7 Å². The summed E-state index contributed by atoms with van der Waals surface area (Å²) in [7, 11) is 0. The third-order valence-electron chi connectivity index (χ3n) is 4.29. The molecule has 2 unspecified atom stereocenters. The predicted molar refractivity (Wildman–Crippen MR) is 84.2 cm³/mol. The smallest absolute Gasteiger partial charge is 0.315 e. The zero-order valence-corrected chi connectivity index (χ0v) is 13.8. The molecule has 0 spiro atoms. The molecule has 0 saturated carbocycles. The van der Waals surface area contributed by atoms with Gasteiger partial charge in [0.1, 0.15) is 11.7 Å². The fourth-order valence-corrected chi connectivity index (χ4v) is 3.31. The average molecular weight is 290 g/mol. The van der Waals surface area contributed by atoms with Crippen molar-refractivity contribution < 1.29 is 14.7 Å². The summed E-state index contributed by atoms with van der Waals surface area (Å²) in [6.45, 7) is 11.4. The number of hydrogen-bond acceptors (Lipinski definition) is 2. The quantitative estimate of drug-likeness (QED) is 0.855. The highest BCUT2D eigenvalue weighted by Gasteiger charge is 2.58. The summed E-state index contributed by atoms with van der Waals surface area (Å²) < 4.78 is 0. The topological polar surface area (TPSA) is 54.4 Å². The molecule has 3 heteroatoms. The van der Waals surface area contributed by atoms with Crippen LogP contribution < -0.4 is 0 Å². The molecule has 1 rings (SSSR count). The second kappa shape index (κ2) is 5.63. The van der Waals surface area contributed by atoms with Crippen molar-refractivity contribution in [1.82, 2.24) is 0 Å². The van der Waals surface area contributed by atoms with Gasteiger partial charge in [-0.3, -0.25) is 4.79 Å². The summed E-state index contributed by atoms with van der Waals surface area (Å²) in [6, 6.07) is 9.11. The molecular formula is C18H26O3. The summed E-state index contributed by atoms with van der Waals surface area (Å²) in [6.07, 6.45) is 0.812. The number of benzene rings is 1. The molecule has 0 amide bonds. The fourth-order valence-electron chi connectivity index (χ4n) is 3.31. The van der Waals surface area contributed by atoms with Gasteiger partial charge in [-0.05, 0) is 16.4 Å². The fraction of sp³-hybridized carbons (Fsp3) is 0.556. The Balaban J connectivity index is 3.79.